The lowest BCUT2D eigenvalue weighted by molar-refractivity contribution is 0.289. The van der Waals surface area contributed by atoms with Gasteiger partial charge in [0, 0.05) is 0 Å². The van der Waals surface area contributed by atoms with Crippen LogP contribution in [0, 0.1) is 23.7 Å². The highest BCUT2D eigenvalue weighted by atomic mass is 14.2. The second-order valence-electron chi connectivity index (χ2n) is 8.18. The molecule has 24 heavy (non-hydrogen) atoms. The van der Waals surface area contributed by atoms with E-state index in [1.807, 2.05) is 13.8 Å². The van der Waals surface area contributed by atoms with Crippen LogP contribution >= 0.6 is 0 Å². The molecule has 0 aliphatic heterocycles. The third-order valence-electron chi connectivity index (χ3n) is 4.82. The van der Waals surface area contributed by atoms with E-state index in [2.05, 4.69) is 65.0 Å². The Balaban J connectivity index is 0.000000456. The van der Waals surface area contributed by atoms with Gasteiger partial charge in [-0.1, -0.05) is 104 Å². The maximum Gasteiger partial charge on any atom is -0.0250 e. The van der Waals surface area contributed by atoms with E-state index < -0.39 is 0 Å². The summed E-state index contributed by atoms with van der Waals surface area (Å²) in [5.41, 5.74) is 1.52. The zero-order chi connectivity index (χ0) is 18.4. The van der Waals surface area contributed by atoms with E-state index in [1.54, 1.807) is 0 Å². The summed E-state index contributed by atoms with van der Waals surface area (Å²) in [4.78, 5) is 0. The van der Waals surface area contributed by atoms with Crippen LogP contribution in [0.3, 0.4) is 0 Å². The number of hydrogen-bond acceptors (Lipinski definition) is 0. The molecule has 0 heteroatoms. The lowest BCUT2D eigenvalue weighted by Gasteiger charge is -2.26. The van der Waals surface area contributed by atoms with E-state index in [0.717, 1.165) is 23.7 Å². The molecule has 1 saturated carbocycles. The SMILES string of the molecule is CC.CC(C)CCC(C)C.CC1CCC(Cc2ccccc2)CC1. The van der Waals surface area contributed by atoms with Gasteiger partial charge in [-0.3, -0.25) is 0 Å². The lowest BCUT2D eigenvalue weighted by Crippen LogP contribution is -2.14. The van der Waals surface area contributed by atoms with Crippen LogP contribution in [-0.4, -0.2) is 0 Å². The zero-order valence-corrected chi connectivity index (χ0v) is 17.6. The maximum atomic E-state index is 2.39. The van der Waals surface area contributed by atoms with E-state index >= 15 is 0 Å². The first-order chi connectivity index (χ1) is 11.5. The minimum absolute atomic E-state index is 0.886. The molecule has 0 unspecified atom stereocenters. The molecule has 0 radical (unpaired) electrons. The number of rotatable bonds is 5. The molecule has 140 valence electrons. The Labute approximate surface area is 153 Å². The van der Waals surface area contributed by atoms with Crippen LogP contribution in [0.15, 0.2) is 30.3 Å². The van der Waals surface area contributed by atoms with Crippen molar-refractivity contribution in [1.82, 2.24) is 0 Å². The molecule has 1 aliphatic rings. The smallest absolute Gasteiger partial charge is 0.0250 e. The van der Waals surface area contributed by atoms with Crippen LogP contribution in [0.4, 0.5) is 0 Å². The van der Waals surface area contributed by atoms with Crippen molar-refractivity contribution in [3.63, 3.8) is 0 Å². The molecule has 0 saturated heterocycles. The molecule has 0 N–H and O–H groups in total. The van der Waals surface area contributed by atoms with Gasteiger partial charge in [-0.15, -0.1) is 0 Å². The Bertz CT molecular complexity index is 347. The molecule has 0 amide bonds. The number of hydrogen-bond donors (Lipinski definition) is 0. The molecule has 1 aromatic rings. The highest BCUT2D eigenvalue weighted by Crippen LogP contribution is 2.30. The van der Waals surface area contributed by atoms with Crippen LogP contribution in [-0.2, 0) is 6.42 Å². The van der Waals surface area contributed by atoms with Gasteiger partial charge in [0.15, 0.2) is 0 Å². The Hall–Kier alpha value is -0.780. The van der Waals surface area contributed by atoms with Gasteiger partial charge in [-0.2, -0.15) is 0 Å². The fourth-order valence-corrected chi connectivity index (χ4v) is 3.15. The highest BCUT2D eigenvalue weighted by Gasteiger charge is 2.17. The van der Waals surface area contributed by atoms with Crippen molar-refractivity contribution in [2.75, 3.05) is 0 Å². The van der Waals surface area contributed by atoms with Crippen molar-refractivity contribution in [2.45, 2.75) is 93.4 Å². The third kappa shape index (κ3) is 12.6. The zero-order valence-electron chi connectivity index (χ0n) is 17.6. The molecule has 0 nitrogen and oxygen atoms in total. The van der Waals surface area contributed by atoms with Gasteiger partial charge in [-0.05, 0) is 48.5 Å². The molecular weight excluding hydrogens is 288 g/mol. The van der Waals surface area contributed by atoms with Crippen LogP contribution in [0.5, 0.6) is 0 Å². The Morgan fingerprint density at radius 2 is 1.25 bits per heavy atom. The van der Waals surface area contributed by atoms with Crippen LogP contribution in [0.2, 0.25) is 0 Å². The van der Waals surface area contributed by atoms with Crippen molar-refractivity contribution in [3.05, 3.63) is 35.9 Å². The Morgan fingerprint density at radius 3 is 1.67 bits per heavy atom. The highest BCUT2D eigenvalue weighted by molar-refractivity contribution is 5.15. The normalized spacial score (nSPS) is 20.0. The largest absolute Gasteiger partial charge is 0.0683 e. The van der Waals surface area contributed by atoms with Crippen molar-refractivity contribution >= 4 is 0 Å². The molecule has 1 aromatic carbocycles. The first-order valence-corrected chi connectivity index (χ1v) is 10.5. The summed E-state index contributed by atoms with van der Waals surface area (Å²) in [6.07, 6.45) is 9.84. The Morgan fingerprint density at radius 1 is 0.792 bits per heavy atom. The van der Waals surface area contributed by atoms with Gasteiger partial charge in [0.25, 0.3) is 0 Å². The Kier molecular flexibility index (Phi) is 14.1. The monoisotopic (exact) mass is 332 g/mol. The maximum absolute atomic E-state index is 2.39. The van der Waals surface area contributed by atoms with E-state index in [1.165, 1.54) is 50.5 Å². The molecule has 0 spiro atoms. The van der Waals surface area contributed by atoms with Crippen molar-refractivity contribution < 1.29 is 0 Å². The van der Waals surface area contributed by atoms with Gasteiger partial charge in [0.05, 0.1) is 0 Å². The van der Waals surface area contributed by atoms with E-state index in [0.29, 0.717) is 0 Å². The standard InChI is InChI=1S/C14H20.C8H18.C2H6/c1-12-7-9-14(10-8-12)11-13-5-3-2-4-6-13;1-7(2)5-6-8(3)4;1-2/h2-6,12,14H,7-11H2,1H3;7-8H,5-6H2,1-4H3;1-2H3. The molecule has 2 rings (SSSR count). The van der Waals surface area contributed by atoms with E-state index in [4.69, 9.17) is 0 Å². The lowest BCUT2D eigenvalue weighted by atomic mass is 9.80. The van der Waals surface area contributed by atoms with Crippen molar-refractivity contribution in [3.8, 4) is 0 Å². The molecule has 0 bridgehead atoms. The molecule has 1 aliphatic carbocycles. The predicted octanol–water partition coefficient (Wildman–Crippen LogP) is 8.16. The third-order valence-corrected chi connectivity index (χ3v) is 4.82. The quantitative estimate of drug-likeness (QED) is 0.510. The minimum atomic E-state index is 0.886. The summed E-state index contributed by atoms with van der Waals surface area (Å²) < 4.78 is 0. The summed E-state index contributed by atoms with van der Waals surface area (Å²) in [6.45, 7) is 15.5. The summed E-state index contributed by atoms with van der Waals surface area (Å²) in [5.74, 6) is 3.70. The second-order valence-corrected chi connectivity index (χ2v) is 8.18. The van der Waals surface area contributed by atoms with Gasteiger partial charge < -0.3 is 0 Å². The summed E-state index contributed by atoms with van der Waals surface area (Å²) >= 11 is 0. The van der Waals surface area contributed by atoms with E-state index in [9.17, 15) is 0 Å². The van der Waals surface area contributed by atoms with Gasteiger partial charge >= 0.3 is 0 Å². The second kappa shape index (κ2) is 14.6. The molecular formula is C24H44. The van der Waals surface area contributed by atoms with Crippen molar-refractivity contribution in [2.24, 2.45) is 23.7 Å². The minimum Gasteiger partial charge on any atom is -0.0683 e. The summed E-state index contributed by atoms with van der Waals surface area (Å²) in [7, 11) is 0. The topological polar surface area (TPSA) is 0 Å². The first-order valence-electron chi connectivity index (χ1n) is 10.5. The van der Waals surface area contributed by atoms with Crippen LogP contribution in [0.1, 0.15) is 92.6 Å². The molecule has 0 aromatic heterocycles. The van der Waals surface area contributed by atoms with Crippen molar-refractivity contribution in [1.29, 1.82) is 0 Å². The predicted molar refractivity (Wildman–Crippen MR) is 112 cm³/mol. The summed E-state index contributed by atoms with van der Waals surface area (Å²) in [6, 6.07) is 10.9. The molecule has 0 heterocycles. The van der Waals surface area contributed by atoms with Gasteiger partial charge in [-0.25, -0.2) is 0 Å². The fraction of sp³-hybridized carbons (Fsp3) is 0.750. The summed E-state index contributed by atoms with van der Waals surface area (Å²) in [5, 5.41) is 0. The average molecular weight is 333 g/mol. The van der Waals surface area contributed by atoms with Gasteiger partial charge in [0.1, 0.15) is 0 Å². The van der Waals surface area contributed by atoms with Crippen LogP contribution in [0.25, 0.3) is 0 Å². The fourth-order valence-electron chi connectivity index (χ4n) is 3.15. The molecule has 0 atom stereocenters. The first kappa shape index (κ1) is 23.2. The average Bonchev–Trinajstić information content (AvgIpc) is 2.58. The van der Waals surface area contributed by atoms with Crippen LogP contribution < -0.4 is 0 Å². The van der Waals surface area contributed by atoms with Gasteiger partial charge in [0.2, 0.25) is 0 Å². The number of benzene rings is 1. The molecule has 1 fully saturated rings. The van der Waals surface area contributed by atoms with E-state index in [-0.39, 0.29) is 0 Å².